The van der Waals surface area contributed by atoms with E-state index >= 15 is 0 Å². The molecule has 0 aromatic rings. The average molecular weight is 507 g/mol. The molecule has 0 saturated heterocycles. The van der Waals surface area contributed by atoms with Gasteiger partial charge in [0, 0.05) is 13.2 Å². The third-order valence-electron chi connectivity index (χ3n) is 7.69. The molecule has 0 spiro atoms. The van der Waals surface area contributed by atoms with Crippen molar-refractivity contribution in [2.45, 2.75) is 200 Å². The predicted octanol–water partition coefficient (Wildman–Crippen LogP) is 12.9. The monoisotopic (exact) mass is 507 g/mol. The molecule has 0 amide bonds. The Morgan fingerprint density at radius 3 is 0.861 bits per heavy atom. The van der Waals surface area contributed by atoms with Crippen molar-refractivity contribution in [1.82, 2.24) is 0 Å². The number of unbranched alkanes of at least 4 members (excludes halogenated alkanes) is 26. The van der Waals surface area contributed by atoms with Gasteiger partial charge >= 0.3 is 0 Å². The molecule has 0 aromatic heterocycles. The summed E-state index contributed by atoms with van der Waals surface area (Å²) >= 11 is 0. The summed E-state index contributed by atoms with van der Waals surface area (Å²) in [4.78, 5) is 0. The van der Waals surface area contributed by atoms with Crippen molar-refractivity contribution in [3.8, 4) is 0 Å². The van der Waals surface area contributed by atoms with Crippen LogP contribution in [0.5, 0.6) is 0 Å². The molecule has 0 aliphatic heterocycles. The summed E-state index contributed by atoms with van der Waals surface area (Å²) in [5.74, 6) is 0. The highest BCUT2D eigenvalue weighted by Crippen LogP contribution is 2.14. The molecule has 0 aliphatic carbocycles. The Kier molecular flexibility index (Phi) is 34.4. The van der Waals surface area contributed by atoms with Gasteiger partial charge < -0.3 is 4.74 Å². The zero-order valence-corrected chi connectivity index (χ0v) is 25.5. The number of allylic oxidation sites excluding steroid dienone is 2. The van der Waals surface area contributed by atoms with Crippen LogP contribution in [0.3, 0.4) is 0 Å². The van der Waals surface area contributed by atoms with Crippen molar-refractivity contribution >= 4 is 0 Å². The average Bonchev–Trinajstić information content (AvgIpc) is 2.89. The van der Waals surface area contributed by atoms with E-state index in [1.165, 1.54) is 186 Å². The number of hydrogen-bond acceptors (Lipinski definition) is 1. The summed E-state index contributed by atoms with van der Waals surface area (Å²) in [6, 6.07) is 0. The minimum absolute atomic E-state index is 0.979. The van der Waals surface area contributed by atoms with Crippen LogP contribution in [0.2, 0.25) is 0 Å². The van der Waals surface area contributed by atoms with Crippen LogP contribution in [0.4, 0.5) is 0 Å². The van der Waals surface area contributed by atoms with Crippen LogP contribution in [0.1, 0.15) is 200 Å². The molecule has 1 heteroatoms. The Morgan fingerprint density at radius 1 is 0.306 bits per heavy atom. The van der Waals surface area contributed by atoms with E-state index in [0.29, 0.717) is 0 Å². The fourth-order valence-electron chi connectivity index (χ4n) is 5.13. The molecule has 0 fully saturated rings. The highest BCUT2D eigenvalue weighted by molar-refractivity contribution is 4.81. The van der Waals surface area contributed by atoms with Gasteiger partial charge in [-0.1, -0.05) is 174 Å². The summed E-state index contributed by atoms with van der Waals surface area (Å²) in [7, 11) is 0. The summed E-state index contributed by atoms with van der Waals surface area (Å²) < 4.78 is 5.85. The van der Waals surface area contributed by atoms with Gasteiger partial charge in [-0.05, 0) is 38.5 Å². The first-order chi connectivity index (χ1) is 17.9. The van der Waals surface area contributed by atoms with Crippen LogP contribution in [-0.4, -0.2) is 13.2 Å². The summed E-state index contributed by atoms with van der Waals surface area (Å²) in [6.07, 6.45) is 45.6. The molecular weight excluding hydrogens is 436 g/mol. The lowest BCUT2D eigenvalue weighted by molar-refractivity contribution is 0.125. The SMILES string of the molecule is CCCCCCCCCCC=CCCCCCCOCCCCCCCCCCCCCCCCC. The molecule has 0 aliphatic rings. The van der Waals surface area contributed by atoms with Gasteiger partial charge in [-0.3, -0.25) is 0 Å². The molecule has 0 radical (unpaired) electrons. The van der Waals surface area contributed by atoms with Crippen molar-refractivity contribution < 1.29 is 4.74 Å². The third-order valence-corrected chi connectivity index (χ3v) is 7.69. The Morgan fingerprint density at radius 2 is 0.556 bits per heavy atom. The molecule has 0 unspecified atom stereocenters. The van der Waals surface area contributed by atoms with E-state index in [1.54, 1.807) is 0 Å². The smallest absolute Gasteiger partial charge is 0.0466 e. The maximum Gasteiger partial charge on any atom is 0.0466 e. The van der Waals surface area contributed by atoms with Crippen LogP contribution in [-0.2, 0) is 4.74 Å². The second-order valence-electron chi connectivity index (χ2n) is 11.5. The number of rotatable bonds is 32. The standard InChI is InChI=1S/C35H70O/c1-3-5-7-9-11-13-15-17-19-21-23-25-27-29-31-33-35-36-34-32-30-28-26-24-22-20-18-16-14-12-10-8-6-4-2/h21,23H,3-20,22,24-35H2,1-2H3. The molecule has 36 heavy (non-hydrogen) atoms. The van der Waals surface area contributed by atoms with Gasteiger partial charge in [0.25, 0.3) is 0 Å². The van der Waals surface area contributed by atoms with Gasteiger partial charge in [-0.25, -0.2) is 0 Å². The lowest BCUT2D eigenvalue weighted by Gasteiger charge is -2.05. The normalized spacial score (nSPS) is 11.7. The van der Waals surface area contributed by atoms with Crippen LogP contribution in [0.25, 0.3) is 0 Å². The van der Waals surface area contributed by atoms with E-state index in [2.05, 4.69) is 26.0 Å². The largest absolute Gasteiger partial charge is 0.381 e. The fourth-order valence-corrected chi connectivity index (χ4v) is 5.13. The molecular formula is C35H70O. The van der Waals surface area contributed by atoms with Crippen molar-refractivity contribution in [1.29, 1.82) is 0 Å². The molecule has 0 saturated carbocycles. The minimum atomic E-state index is 0.979. The molecule has 0 aromatic carbocycles. The maximum absolute atomic E-state index is 5.85. The van der Waals surface area contributed by atoms with Crippen molar-refractivity contribution in [2.24, 2.45) is 0 Å². The quantitative estimate of drug-likeness (QED) is 0.0651. The molecule has 0 atom stereocenters. The van der Waals surface area contributed by atoms with E-state index in [-0.39, 0.29) is 0 Å². The lowest BCUT2D eigenvalue weighted by atomic mass is 10.0. The zero-order chi connectivity index (χ0) is 26.0. The summed E-state index contributed by atoms with van der Waals surface area (Å²) in [5.41, 5.74) is 0. The van der Waals surface area contributed by atoms with Crippen molar-refractivity contribution in [2.75, 3.05) is 13.2 Å². The van der Waals surface area contributed by atoms with Crippen molar-refractivity contribution in [3.05, 3.63) is 12.2 Å². The molecule has 0 N–H and O–H groups in total. The Labute approximate surface area is 230 Å². The van der Waals surface area contributed by atoms with Crippen LogP contribution in [0.15, 0.2) is 12.2 Å². The van der Waals surface area contributed by atoms with E-state index < -0.39 is 0 Å². The second-order valence-corrected chi connectivity index (χ2v) is 11.5. The first kappa shape index (κ1) is 35.7. The molecule has 0 rings (SSSR count). The van der Waals surface area contributed by atoms with Gasteiger partial charge in [-0.15, -0.1) is 0 Å². The van der Waals surface area contributed by atoms with Gasteiger partial charge in [0.15, 0.2) is 0 Å². The van der Waals surface area contributed by atoms with Gasteiger partial charge in [0.1, 0.15) is 0 Å². The number of ether oxygens (including phenoxy) is 1. The van der Waals surface area contributed by atoms with E-state index in [4.69, 9.17) is 4.74 Å². The Hall–Kier alpha value is -0.300. The number of hydrogen-bond donors (Lipinski definition) is 0. The van der Waals surface area contributed by atoms with E-state index in [9.17, 15) is 0 Å². The van der Waals surface area contributed by atoms with Gasteiger partial charge in [0.05, 0.1) is 0 Å². The minimum Gasteiger partial charge on any atom is -0.381 e. The van der Waals surface area contributed by atoms with Gasteiger partial charge in [0.2, 0.25) is 0 Å². The third kappa shape index (κ3) is 33.7. The van der Waals surface area contributed by atoms with Crippen LogP contribution >= 0.6 is 0 Å². The zero-order valence-electron chi connectivity index (χ0n) is 25.5. The molecule has 1 nitrogen and oxygen atoms in total. The van der Waals surface area contributed by atoms with E-state index in [0.717, 1.165) is 13.2 Å². The van der Waals surface area contributed by atoms with Crippen LogP contribution < -0.4 is 0 Å². The van der Waals surface area contributed by atoms with Crippen LogP contribution in [0, 0.1) is 0 Å². The highest BCUT2D eigenvalue weighted by Gasteiger charge is 1.96. The first-order valence-corrected chi connectivity index (χ1v) is 17.1. The second kappa shape index (κ2) is 34.7. The fraction of sp³-hybridized carbons (Fsp3) is 0.943. The van der Waals surface area contributed by atoms with Crippen molar-refractivity contribution in [3.63, 3.8) is 0 Å². The predicted molar refractivity (Wildman–Crippen MR) is 165 cm³/mol. The highest BCUT2D eigenvalue weighted by atomic mass is 16.5. The van der Waals surface area contributed by atoms with Gasteiger partial charge in [-0.2, -0.15) is 0 Å². The van der Waals surface area contributed by atoms with E-state index in [1.807, 2.05) is 0 Å². The first-order valence-electron chi connectivity index (χ1n) is 17.1. The molecule has 0 bridgehead atoms. The maximum atomic E-state index is 5.85. The molecule has 216 valence electrons. The summed E-state index contributed by atoms with van der Waals surface area (Å²) in [5, 5.41) is 0. The molecule has 0 heterocycles. The topological polar surface area (TPSA) is 9.23 Å². The Balaban J connectivity index is 3.06. The summed E-state index contributed by atoms with van der Waals surface area (Å²) in [6.45, 7) is 6.56. The Bertz CT molecular complexity index is 388. The lowest BCUT2D eigenvalue weighted by Crippen LogP contribution is -1.97.